The van der Waals surface area contributed by atoms with Crippen molar-refractivity contribution >= 4 is 22.6 Å². The minimum absolute atomic E-state index is 0.186. The summed E-state index contributed by atoms with van der Waals surface area (Å²) in [4.78, 5) is 11.6. The number of hydrogen-bond acceptors (Lipinski definition) is 3. The molecule has 0 aromatic heterocycles. The van der Waals surface area contributed by atoms with E-state index in [0.29, 0.717) is 12.3 Å². The first-order chi connectivity index (χ1) is 11.3. The van der Waals surface area contributed by atoms with Crippen LogP contribution in [0.3, 0.4) is 0 Å². The molecule has 1 N–H and O–H groups in total. The first-order valence-corrected chi connectivity index (χ1v) is 7.42. The summed E-state index contributed by atoms with van der Waals surface area (Å²) in [6, 6.07) is 23.1. The second-order valence-electron chi connectivity index (χ2n) is 4.98. The lowest BCUT2D eigenvalue weighted by Gasteiger charge is -2.09. The molecular formula is C19H17NO3. The van der Waals surface area contributed by atoms with E-state index >= 15 is 0 Å². The molecule has 4 nitrogen and oxygen atoms in total. The molecule has 3 aromatic rings. The number of para-hydroxylation sites is 1. The van der Waals surface area contributed by atoms with E-state index in [1.807, 2.05) is 54.6 Å². The first-order valence-electron chi connectivity index (χ1n) is 7.42. The largest absolute Gasteiger partial charge is 0.490 e. The number of hydrogen-bond donors (Lipinski definition) is 1. The van der Waals surface area contributed by atoms with Crippen molar-refractivity contribution < 1.29 is 14.3 Å². The van der Waals surface area contributed by atoms with E-state index in [2.05, 4.69) is 11.4 Å². The Labute approximate surface area is 134 Å². The summed E-state index contributed by atoms with van der Waals surface area (Å²) in [5.41, 5.74) is 0.702. The highest BCUT2D eigenvalue weighted by Gasteiger charge is 2.03. The van der Waals surface area contributed by atoms with Crippen LogP contribution >= 0.6 is 0 Å². The van der Waals surface area contributed by atoms with E-state index in [-0.39, 0.29) is 6.61 Å². The van der Waals surface area contributed by atoms with Gasteiger partial charge in [0.15, 0.2) is 0 Å². The summed E-state index contributed by atoms with van der Waals surface area (Å²) in [6.45, 7) is 0.492. The number of fused-ring (bicyclic) bond motifs is 1. The van der Waals surface area contributed by atoms with Crippen LogP contribution in [-0.4, -0.2) is 19.3 Å². The standard InChI is InChI=1S/C19H17NO3/c21-19(20-17-8-2-1-3-9-17)23-13-12-22-18-11-10-15-6-4-5-7-16(15)14-18/h1-11,14H,12-13H2,(H,20,21). The minimum atomic E-state index is -0.488. The molecule has 0 heterocycles. The molecule has 0 spiro atoms. The molecular weight excluding hydrogens is 290 g/mol. The average molecular weight is 307 g/mol. The Morgan fingerprint density at radius 3 is 2.39 bits per heavy atom. The SMILES string of the molecule is O=C(Nc1ccccc1)OCCOc1ccc2ccccc2c1. The van der Waals surface area contributed by atoms with Crippen molar-refractivity contribution in [3.05, 3.63) is 72.8 Å². The van der Waals surface area contributed by atoms with Crippen molar-refractivity contribution in [2.24, 2.45) is 0 Å². The smallest absolute Gasteiger partial charge is 0.411 e. The fourth-order valence-electron chi connectivity index (χ4n) is 2.23. The molecule has 23 heavy (non-hydrogen) atoms. The summed E-state index contributed by atoms with van der Waals surface area (Å²) in [5, 5.41) is 4.93. The maximum absolute atomic E-state index is 11.6. The number of amides is 1. The number of carbonyl (C=O) groups is 1. The Bertz CT molecular complexity index is 787. The lowest BCUT2D eigenvalue weighted by molar-refractivity contribution is 0.138. The normalized spacial score (nSPS) is 10.3. The zero-order valence-corrected chi connectivity index (χ0v) is 12.6. The quantitative estimate of drug-likeness (QED) is 0.708. The molecule has 0 bridgehead atoms. The van der Waals surface area contributed by atoms with Crippen LogP contribution in [0.15, 0.2) is 72.8 Å². The Hall–Kier alpha value is -3.01. The van der Waals surface area contributed by atoms with E-state index < -0.39 is 6.09 Å². The molecule has 0 radical (unpaired) electrons. The van der Waals surface area contributed by atoms with Gasteiger partial charge in [-0.25, -0.2) is 4.79 Å². The minimum Gasteiger partial charge on any atom is -0.490 e. The van der Waals surface area contributed by atoms with Crippen LogP contribution in [0.25, 0.3) is 10.8 Å². The van der Waals surface area contributed by atoms with Crippen molar-refractivity contribution in [1.29, 1.82) is 0 Å². The summed E-state index contributed by atoms with van der Waals surface area (Å²) in [6.07, 6.45) is -0.488. The van der Waals surface area contributed by atoms with Crippen molar-refractivity contribution in [2.75, 3.05) is 18.5 Å². The highest BCUT2D eigenvalue weighted by Crippen LogP contribution is 2.20. The predicted molar refractivity (Wildman–Crippen MR) is 90.9 cm³/mol. The predicted octanol–water partition coefficient (Wildman–Crippen LogP) is 4.47. The monoisotopic (exact) mass is 307 g/mol. The van der Waals surface area contributed by atoms with Crippen molar-refractivity contribution in [2.45, 2.75) is 0 Å². The van der Waals surface area contributed by atoms with E-state index in [0.717, 1.165) is 11.1 Å². The highest BCUT2D eigenvalue weighted by molar-refractivity contribution is 5.84. The van der Waals surface area contributed by atoms with Gasteiger partial charge >= 0.3 is 6.09 Å². The highest BCUT2D eigenvalue weighted by atomic mass is 16.6. The number of rotatable bonds is 5. The third-order valence-corrected chi connectivity index (χ3v) is 3.33. The molecule has 0 saturated heterocycles. The summed E-state index contributed by atoms with van der Waals surface area (Å²) in [7, 11) is 0. The number of ether oxygens (including phenoxy) is 2. The molecule has 0 atom stereocenters. The van der Waals surface area contributed by atoms with Crippen LogP contribution in [0.2, 0.25) is 0 Å². The number of nitrogens with one attached hydrogen (secondary N) is 1. The maximum atomic E-state index is 11.6. The molecule has 4 heteroatoms. The lowest BCUT2D eigenvalue weighted by atomic mass is 10.1. The van der Waals surface area contributed by atoms with Gasteiger partial charge < -0.3 is 9.47 Å². The van der Waals surface area contributed by atoms with Gasteiger partial charge in [-0.2, -0.15) is 0 Å². The van der Waals surface area contributed by atoms with Gasteiger partial charge in [0.25, 0.3) is 0 Å². The molecule has 3 rings (SSSR count). The van der Waals surface area contributed by atoms with E-state index in [1.54, 1.807) is 12.1 Å². The topological polar surface area (TPSA) is 47.6 Å². The number of carbonyl (C=O) groups excluding carboxylic acids is 1. The fraction of sp³-hybridized carbons (Fsp3) is 0.105. The second kappa shape index (κ2) is 7.31. The van der Waals surface area contributed by atoms with Gasteiger partial charge in [-0.15, -0.1) is 0 Å². The Morgan fingerprint density at radius 2 is 1.57 bits per heavy atom. The second-order valence-corrected chi connectivity index (χ2v) is 4.98. The molecule has 1 amide bonds. The van der Waals surface area contributed by atoms with Crippen LogP contribution in [0.4, 0.5) is 10.5 Å². The Morgan fingerprint density at radius 1 is 0.826 bits per heavy atom. The van der Waals surface area contributed by atoms with Gasteiger partial charge in [-0.05, 0) is 35.0 Å². The first kappa shape index (κ1) is 14.9. The van der Waals surface area contributed by atoms with Crippen LogP contribution in [-0.2, 0) is 4.74 Å². The number of benzene rings is 3. The maximum Gasteiger partial charge on any atom is 0.411 e. The van der Waals surface area contributed by atoms with Crippen molar-refractivity contribution in [1.82, 2.24) is 0 Å². The van der Waals surface area contributed by atoms with Crippen molar-refractivity contribution in [3.63, 3.8) is 0 Å². The van der Waals surface area contributed by atoms with Gasteiger partial charge in [0.05, 0.1) is 0 Å². The lowest BCUT2D eigenvalue weighted by Crippen LogP contribution is -2.17. The van der Waals surface area contributed by atoms with E-state index in [1.165, 1.54) is 5.39 Å². The van der Waals surface area contributed by atoms with E-state index in [9.17, 15) is 4.79 Å². The molecule has 3 aromatic carbocycles. The fourth-order valence-corrected chi connectivity index (χ4v) is 2.23. The summed E-state index contributed by atoms with van der Waals surface area (Å²) < 4.78 is 10.7. The zero-order valence-electron chi connectivity index (χ0n) is 12.6. The Kier molecular flexibility index (Phi) is 4.74. The summed E-state index contributed by atoms with van der Waals surface area (Å²) in [5.74, 6) is 0.760. The molecule has 0 saturated carbocycles. The zero-order chi connectivity index (χ0) is 15.9. The molecule has 0 aliphatic rings. The van der Waals surface area contributed by atoms with Crippen LogP contribution in [0, 0.1) is 0 Å². The van der Waals surface area contributed by atoms with Gasteiger partial charge in [-0.3, -0.25) is 5.32 Å². The number of anilines is 1. The van der Waals surface area contributed by atoms with Crippen LogP contribution < -0.4 is 10.1 Å². The Balaban J connectivity index is 1.44. The molecule has 0 aliphatic heterocycles. The molecule has 0 fully saturated rings. The van der Waals surface area contributed by atoms with E-state index in [4.69, 9.17) is 9.47 Å². The summed E-state index contributed by atoms with van der Waals surface area (Å²) >= 11 is 0. The van der Waals surface area contributed by atoms with Crippen LogP contribution in [0.1, 0.15) is 0 Å². The molecule has 0 aliphatic carbocycles. The average Bonchev–Trinajstić information content (AvgIpc) is 2.59. The third-order valence-electron chi connectivity index (χ3n) is 3.33. The van der Waals surface area contributed by atoms with Gasteiger partial charge in [0.2, 0.25) is 0 Å². The molecule has 116 valence electrons. The van der Waals surface area contributed by atoms with Gasteiger partial charge in [-0.1, -0.05) is 48.5 Å². The third kappa shape index (κ3) is 4.23. The van der Waals surface area contributed by atoms with Crippen molar-refractivity contribution in [3.8, 4) is 5.75 Å². The molecule has 0 unspecified atom stereocenters. The van der Waals surface area contributed by atoms with Gasteiger partial charge in [0, 0.05) is 5.69 Å². The van der Waals surface area contributed by atoms with Crippen LogP contribution in [0.5, 0.6) is 5.75 Å². The van der Waals surface area contributed by atoms with Gasteiger partial charge in [0.1, 0.15) is 19.0 Å².